The predicted octanol–water partition coefficient (Wildman–Crippen LogP) is 6.32. The summed E-state index contributed by atoms with van der Waals surface area (Å²) in [6.07, 6.45) is 4.42. The number of rotatable bonds is 10. The van der Waals surface area contributed by atoms with Crippen LogP contribution in [0.5, 0.6) is 17.6 Å². The molecule has 2 heterocycles. The van der Waals surface area contributed by atoms with E-state index in [0.717, 1.165) is 22.3 Å². The maximum atomic E-state index is 11.2. The summed E-state index contributed by atoms with van der Waals surface area (Å²) in [5, 5.41) is 9.20. The van der Waals surface area contributed by atoms with Crippen molar-refractivity contribution in [2.75, 3.05) is 0 Å². The third-order valence-electron chi connectivity index (χ3n) is 6.64. The Morgan fingerprint density at radius 2 is 1.39 bits per heavy atom. The molecule has 0 radical (unpaired) electrons. The number of benzene rings is 2. The molecule has 1 aliphatic carbocycles. The Kier molecular flexibility index (Phi) is 8.13. The van der Waals surface area contributed by atoms with Crippen LogP contribution in [0.4, 0.5) is 0 Å². The number of ether oxygens (including phenoxy) is 3. The quantitative estimate of drug-likeness (QED) is 0.267. The molecule has 1 aliphatic rings. The SMILES string of the molecule is O=C(O)C1CCC(Oc2ccc(-c3ccc(OCc4ccccc4)nc3OCc3ccccc3)cn2)CC1. The van der Waals surface area contributed by atoms with Gasteiger partial charge in [0.2, 0.25) is 17.6 Å². The lowest BCUT2D eigenvalue weighted by atomic mass is 9.87. The van der Waals surface area contributed by atoms with Crippen molar-refractivity contribution in [1.29, 1.82) is 0 Å². The first-order valence-electron chi connectivity index (χ1n) is 12.8. The van der Waals surface area contributed by atoms with Gasteiger partial charge in [-0.15, -0.1) is 0 Å². The first-order chi connectivity index (χ1) is 18.6. The van der Waals surface area contributed by atoms with E-state index < -0.39 is 5.97 Å². The van der Waals surface area contributed by atoms with Crippen molar-refractivity contribution in [3.63, 3.8) is 0 Å². The van der Waals surface area contributed by atoms with Crippen LogP contribution in [0.1, 0.15) is 36.8 Å². The summed E-state index contributed by atoms with van der Waals surface area (Å²) in [6, 6.07) is 27.4. The van der Waals surface area contributed by atoms with Gasteiger partial charge in [0.25, 0.3) is 0 Å². The smallest absolute Gasteiger partial charge is 0.306 e. The molecule has 1 fully saturated rings. The van der Waals surface area contributed by atoms with Crippen molar-refractivity contribution in [1.82, 2.24) is 9.97 Å². The summed E-state index contributed by atoms with van der Waals surface area (Å²) in [7, 11) is 0. The second kappa shape index (κ2) is 12.2. The lowest BCUT2D eigenvalue weighted by Gasteiger charge is -2.26. The zero-order valence-corrected chi connectivity index (χ0v) is 21.0. The average molecular weight is 511 g/mol. The molecule has 2 aromatic carbocycles. The molecule has 1 saturated carbocycles. The van der Waals surface area contributed by atoms with Gasteiger partial charge in [-0.25, -0.2) is 4.98 Å². The Hall–Kier alpha value is -4.39. The number of hydrogen-bond donors (Lipinski definition) is 1. The first kappa shape index (κ1) is 25.3. The van der Waals surface area contributed by atoms with Gasteiger partial charge < -0.3 is 19.3 Å². The molecule has 0 saturated heterocycles. The highest BCUT2D eigenvalue weighted by molar-refractivity contribution is 5.70. The van der Waals surface area contributed by atoms with E-state index in [9.17, 15) is 9.90 Å². The standard InChI is InChI=1S/C31H30N2O5/c34-31(35)24-11-14-26(15-12-24)38-28-17-13-25(19-32-28)27-16-18-29(36-20-22-7-3-1-4-8-22)33-30(27)37-21-23-9-5-2-6-10-23/h1-10,13,16-19,24,26H,11-12,14-15,20-21H2,(H,34,35). The van der Waals surface area contributed by atoms with Crippen molar-refractivity contribution in [3.05, 3.63) is 102 Å². The van der Waals surface area contributed by atoms with E-state index in [1.54, 1.807) is 6.20 Å². The van der Waals surface area contributed by atoms with Crippen LogP contribution in [0.25, 0.3) is 11.1 Å². The molecule has 7 heteroatoms. The molecule has 0 bridgehead atoms. The molecule has 1 N–H and O–H groups in total. The van der Waals surface area contributed by atoms with Gasteiger partial charge >= 0.3 is 5.97 Å². The largest absolute Gasteiger partial charge is 0.481 e. The van der Waals surface area contributed by atoms with Crippen LogP contribution in [0, 0.1) is 5.92 Å². The highest BCUT2D eigenvalue weighted by atomic mass is 16.5. The lowest BCUT2D eigenvalue weighted by Crippen LogP contribution is -2.28. The van der Waals surface area contributed by atoms with E-state index in [1.165, 1.54) is 0 Å². The summed E-state index contributed by atoms with van der Waals surface area (Å²) in [6.45, 7) is 0.782. The van der Waals surface area contributed by atoms with Crippen molar-refractivity contribution >= 4 is 5.97 Å². The average Bonchev–Trinajstić information content (AvgIpc) is 2.97. The number of aliphatic carboxylic acids is 1. The van der Waals surface area contributed by atoms with Gasteiger partial charge in [0.05, 0.1) is 5.92 Å². The van der Waals surface area contributed by atoms with E-state index in [4.69, 9.17) is 14.2 Å². The molecule has 0 unspecified atom stereocenters. The fourth-order valence-electron chi connectivity index (χ4n) is 4.50. The third kappa shape index (κ3) is 6.68. The number of aromatic nitrogens is 2. The number of hydrogen-bond acceptors (Lipinski definition) is 6. The van der Waals surface area contributed by atoms with E-state index in [0.29, 0.717) is 56.5 Å². The molecule has 0 spiro atoms. The Morgan fingerprint density at radius 1 is 0.763 bits per heavy atom. The van der Waals surface area contributed by atoms with Gasteiger partial charge in [0.1, 0.15) is 19.3 Å². The maximum absolute atomic E-state index is 11.2. The second-order valence-electron chi connectivity index (χ2n) is 9.37. The number of carboxylic acids is 1. The Balaban J connectivity index is 1.30. The van der Waals surface area contributed by atoms with E-state index in [-0.39, 0.29) is 12.0 Å². The molecular weight excluding hydrogens is 480 g/mol. The maximum Gasteiger partial charge on any atom is 0.306 e. The van der Waals surface area contributed by atoms with Crippen LogP contribution in [0.2, 0.25) is 0 Å². The summed E-state index contributed by atoms with van der Waals surface area (Å²) >= 11 is 0. The topological polar surface area (TPSA) is 90.8 Å². The normalized spacial score (nSPS) is 16.9. The third-order valence-corrected chi connectivity index (χ3v) is 6.64. The second-order valence-corrected chi connectivity index (χ2v) is 9.37. The Labute approximate surface area is 222 Å². The molecule has 0 amide bonds. The zero-order chi connectivity index (χ0) is 26.2. The fraction of sp³-hybridized carbons (Fsp3) is 0.258. The molecule has 5 rings (SSSR count). The molecule has 4 aromatic rings. The Bertz CT molecular complexity index is 1320. The Morgan fingerprint density at radius 3 is 2.00 bits per heavy atom. The van der Waals surface area contributed by atoms with Gasteiger partial charge in [-0.1, -0.05) is 60.7 Å². The predicted molar refractivity (Wildman–Crippen MR) is 143 cm³/mol. The van der Waals surface area contributed by atoms with E-state index in [1.807, 2.05) is 84.9 Å². The fourth-order valence-corrected chi connectivity index (χ4v) is 4.50. The van der Waals surface area contributed by atoms with Crippen LogP contribution in [-0.4, -0.2) is 27.1 Å². The van der Waals surface area contributed by atoms with Crippen LogP contribution in [-0.2, 0) is 18.0 Å². The molecule has 0 atom stereocenters. The van der Waals surface area contributed by atoms with Crippen molar-refractivity contribution in [2.24, 2.45) is 5.92 Å². The minimum Gasteiger partial charge on any atom is -0.481 e. The number of nitrogens with zero attached hydrogens (tertiary/aromatic N) is 2. The van der Waals surface area contributed by atoms with E-state index in [2.05, 4.69) is 9.97 Å². The number of carboxylic acid groups (broad SMARTS) is 1. The van der Waals surface area contributed by atoms with Gasteiger partial charge in [-0.2, -0.15) is 4.98 Å². The van der Waals surface area contributed by atoms with Crippen molar-refractivity contribution < 1.29 is 24.1 Å². The molecular formula is C31H30N2O5. The molecule has 194 valence electrons. The van der Waals surface area contributed by atoms with Crippen LogP contribution in [0.3, 0.4) is 0 Å². The highest BCUT2D eigenvalue weighted by Gasteiger charge is 2.27. The first-order valence-corrected chi connectivity index (χ1v) is 12.8. The van der Waals surface area contributed by atoms with Crippen molar-refractivity contribution in [2.45, 2.75) is 45.0 Å². The monoisotopic (exact) mass is 510 g/mol. The lowest BCUT2D eigenvalue weighted by molar-refractivity contribution is -0.143. The van der Waals surface area contributed by atoms with Crippen LogP contribution >= 0.6 is 0 Å². The van der Waals surface area contributed by atoms with Gasteiger partial charge in [-0.05, 0) is 48.9 Å². The minimum absolute atomic E-state index is 0.0172. The summed E-state index contributed by atoms with van der Waals surface area (Å²) < 4.78 is 18.1. The van der Waals surface area contributed by atoms with Crippen LogP contribution in [0.15, 0.2) is 91.1 Å². The highest BCUT2D eigenvalue weighted by Crippen LogP contribution is 2.33. The van der Waals surface area contributed by atoms with Gasteiger partial charge in [-0.3, -0.25) is 4.79 Å². The molecule has 0 aliphatic heterocycles. The van der Waals surface area contributed by atoms with Crippen LogP contribution < -0.4 is 14.2 Å². The molecule has 38 heavy (non-hydrogen) atoms. The van der Waals surface area contributed by atoms with Gasteiger partial charge in [0.15, 0.2) is 0 Å². The van der Waals surface area contributed by atoms with E-state index >= 15 is 0 Å². The minimum atomic E-state index is -0.721. The molecule has 2 aromatic heterocycles. The molecule has 7 nitrogen and oxygen atoms in total. The summed E-state index contributed by atoms with van der Waals surface area (Å²) in [5.41, 5.74) is 3.74. The summed E-state index contributed by atoms with van der Waals surface area (Å²) in [4.78, 5) is 20.4. The zero-order valence-electron chi connectivity index (χ0n) is 21.0. The summed E-state index contributed by atoms with van der Waals surface area (Å²) in [5.74, 6) is 0.468. The number of pyridine rings is 2. The van der Waals surface area contributed by atoms with Gasteiger partial charge in [0, 0.05) is 29.5 Å². The number of carbonyl (C=O) groups is 1. The van der Waals surface area contributed by atoms with Crippen molar-refractivity contribution in [3.8, 4) is 28.8 Å².